The molecule has 0 radical (unpaired) electrons. The number of carbonyl (C=O) groups is 1. The van der Waals surface area contributed by atoms with E-state index in [9.17, 15) is 9.18 Å². The van der Waals surface area contributed by atoms with E-state index in [2.05, 4.69) is 0 Å². The quantitative estimate of drug-likeness (QED) is 0.770. The number of nitrogens with zero attached hydrogens (tertiary/aromatic N) is 1. The number of ketones is 1. The van der Waals surface area contributed by atoms with Gasteiger partial charge in [0.05, 0.1) is 6.54 Å². The maximum Gasteiger partial charge on any atom is 0.182 e. The average molecular weight is 271 g/mol. The second kappa shape index (κ2) is 6.33. The molecule has 0 amide bonds. The van der Waals surface area contributed by atoms with Crippen molar-refractivity contribution in [1.29, 1.82) is 0 Å². The SMILES string of the molecule is CCN(CC(=O)c1ccccc1C)c1cccc(F)c1. The van der Waals surface area contributed by atoms with E-state index in [1.54, 1.807) is 6.07 Å². The number of halogens is 1. The van der Waals surface area contributed by atoms with E-state index in [-0.39, 0.29) is 18.1 Å². The molecular formula is C17H18FNO. The highest BCUT2D eigenvalue weighted by molar-refractivity contribution is 6.00. The van der Waals surface area contributed by atoms with Gasteiger partial charge in [-0.15, -0.1) is 0 Å². The van der Waals surface area contributed by atoms with Crippen LogP contribution in [0.5, 0.6) is 0 Å². The Morgan fingerprint density at radius 2 is 1.90 bits per heavy atom. The van der Waals surface area contributed by atoms with Crippen LogP contribution in [0.4, 0.5) is 10.1 Å². The van der Waals surface area contributed by atoms with Crippen LogP contribution in [0.25, 0.3) is 0 Å². The Labute approximate surface area is 118 Å². The lowest BCUT2D eigenvalue weighted by molar-refractivity contribution is 0.0998. The predicted octanol–water partition coefficient (Wildman–Crippen LogP) is 3.84. The lowest BCUT2D eigenvalue weighted by Gasteiger charge is -2.22. The number of carbonyl (C=O) groups excluding carboxylic acids is 1. The Hall–Kier alpha value is -2.16. The van der Waals surface area contributed by atoms with Gasteiger partial charge in [0.1, 0.15) is 5.82 Å². The third kappa shape index (κ3) is 3.23. The van der Waals surface area contributed by atoms with Crippen molar-refractivity contribution >= 4 is 11.5 Å². The lowest BCUT2D eigenvalue weighted by Crippen LogP contribution is -2.30. The van der Waals surface area contributed by atoms with Crippen LogP contribution in [0.1, 0.15) is 22.8 Å². The van der Waals surface area contributed by atoms with Gasteiger partial charge in [0.25, 0.3) is 0 Å². The molecule has 0 spiro atoms. The third-order valence-electron chi connectivity index (χ3n) is 3.34. The van der Waals surface area contributed by atoms with Crippen LogP contribution in [-0.4, -0.2) is 18.9 Å². The summed E-state index contributed by atoms with van der Waals surface area (Å²) in [6.07, 6.45) is 0. The fourth-order valence-corrected chi connectivity index (χ4v) is 2.20. The van der Waals surface area contributed by atoms with Crippen LogP contribution in [0, 0.1) is 12.7 Å². The molecular weight excluding hydrogens is 253 g/mol. The van der Waals surface area contributed by atoms with Gasteiger partial charge in [-0.1, -0.05) is 30.3 Å². The summed E-state index contributed by atoms with van der Waals surface area (Å²) in [4.78, 5) is 14.2. The van der Waals surface area contributed by atoms with Gasteiger partial charge in [0.2, 0.25) is 0 Å². The number of aryl methyl sites for hydroxylation is 1. The maximum absolute atomic E-state index is 13.3. The van der Waals surface area contributed by atoms with E-state index in [0.29, 0.717) is 6.54 Å². The van der Waals surface area contributed by atoms with Crippen molar-refractivity contribution in [3.8, 4) is 0 Å². The average Bonchev–Trinajstić information content (AvgIpc) is 2.45. The number of likely N-dealkylation sites (N-methyl/N-ethyl adjacent to an activating group) is 1. The zero-order chi connectivity index (χ0) is 14.5. The first kappa shape index (κ1) is 14.3. The largest absolute Gasteiger partial charge is 0.364 e. The van der Waals surface area contributed by atoms with Crippen LogP contribution in [0.3, 0.4) is 0 Å². The minimum atomic E-state index is -0.288. The van der Waals surface area contributed by atoms with E-state index >= 15 is 0 Å². The second-order valence-electron chi connectivity index (χ2n) is 4.73. The summed E-state index contributed by atoms with van der Waals surface area (Å²) in [5.74, 6) is -0.237. The summed E-state index contributed by atoms with van der Waals surface area (Å²) >= 11 is 0. The van der Waals surface area contributed by atoms with Gasteiger partial charge in [0, 0.05) is 17.8 Å². The van der Waals surface area contributed by atoms with Gasteiger partial charge in [-0.25, -0.2) is 4.39 Å². The first-order valence-corrected chi connectivity index (χ1v) is 6.71. The lowest BCUT2D eigenvalue weighted by atomic mass is 10.0. The van der Waals surface area contributed by atoms with Crippen LogP contribution < -0.4 is 4.90 Å². The Morgan fingerprint density at radius 3 is 2.55 bits per heavy atom. The standard InChI is InChI=1S/C17H18FNO/c1-3-19(15-9-6-8-14(18)11-15)12-17(20)16-10-5-4-7-13(16)2/h4-11H,3,12H2,1-2H3. The second-order valence-corrected chi connectivity index (χ2v) is 4.73. The van der Waals surface area contributed by atoms with Crippen molar-refractivity contribution < 1.29 is 9.18 Å². The molecule has 0 saturated heterocycles. The molecule has 0 aromatic heterocycles. The highest BCUT2D eigenvalue weighted by Crippen LogP contribution is 2.17. The van der Waals surface area contributed by atoms with Crippen molar-refractivity contribution in [2.75, 3.05) is 18.0 Å². The first-order valence-electron chi connectivity index (χ1n) is 6.71. The van der Waals surface area contributed by atoms with E-state index in [1.807, 2.05) is 49.1 Å². The highest BCUT2D eigenvalue weighted by atomic mass is 19.1. The number of rotatable bonds is 5. The zero-order valence-corrected chi connectivity index (χ0v) is 11.8. The molecule has 0 atom stereocenters. The van der Waals surface area contributed by atoms with Crippen molar-refractivity contribution in [2.45, 2.75) is 13.8 Å². The first-order chi connectivity index (χ1) is 9.61. The molecule has 2 nitrogen and oxygen atoms in total. The molecule has 0 heterocycles. The number of Topliss-reactive ketones (excluding diaryl/α,β-unsaturated/α-hetero) is 1. The highest BCUT2D eigenvalue weighted by Gasteiger charge is 2.13. The number of hydrogen-bond donors (Lipinski definition) is 0. The smallest absolute Gasteiger partial charge is 0.182 e. The predicted molar refractivity (Wildman–Crippen MR) is 79.8 cm³/mol. The summed E-state index contributed by atoms with van der Waals surface area (Å²) in [7, 11) is 0. The Morgan fingerprint density at radius 1 is 1.15 bits per heavy atom. The number of anilines is 1. The molecule has 104 valence electrons. The van der Waals surface area contributed by atoms with Gasteiger partial charge < -0.3 is 4.90 Å². The van der Waals surface area contributed by atoms with E-state index < -0.39 is 0 Å². The molecule has 0 unspecified atom stereocenters. The molecule has 2 aromatic carbocycles. The van der Waals surface area contributed by atoms with E-state index in [1.165, 1.54) is 12.1 Å². The van der Waals surface area contributed by atoms with E-state index in [4.69, 9.17) is 0 Å². The molecule has 0 fully saturated rings. The molecule has 0 N–H and O–H groups in total. The minimum absolute atomic E-state index is 0.0502. The molecule has 0 aliphatic carbocycles. The van der Waals surface area contributed by atoms with Crippen molar-refractivity contribution in [1.82, 2.24) is 0 Å². The fourth-order valence-electron chi connectivity index (χ4n) is 2.20. The van der Waals surface area contributed by atoms with Gasteiger partial charge in [-0.2, -0.15) is 0 Å². The van der Waals surface area contributed by atoms with Crippen molar-refractivity contribution in [2.24, 2.45) is 0 Å². The van der Waals surface area contributed by atoms with Crippen LogP contribution in [0.15, 0.2) is 48.5 Å². The molecule has 2 aromatic rings. The van der Waals surface area contributed by atoms with Crippen molar-refractivity contribution in [3.63, 3.8) is 0 Å². The Balaban J connectivity index is 2.19. The number of hydrogen-bond acceptors (Lipinski definition) is 2. The molecule has 20 heavy (non-hydrogen) atoms. The summed E-state index contributed by atoms with van der Waals surface area (Å²) in [6.45, 7) is 4.79. The molecule has 0 aliphatic heterocycles. The van der Waals surface area contributed by atoms with Gasteiger partial charge >= 0.3 is 0 Å². The molecule has 3 heteroatoms. The normalized spacial score (nSPS) is 10.3. The fraction of sp³-hybridized carbons (Fsp3) is 0.235. The molecule has 2 rings (SSSR count). The van der Waals surface area contributed by atoms with Crippen LogP contribution >= 0.6 is 0 Å². The summed E-state index contributed by atoms with van der Waals surface area (Å²) < 4.78 is 13.3. The Kier molecular flexibility index (Phi) is 4.51. The van der Waals surface area contributed by atoms with Crippen LogP contribution in [0.2, 0.25) is 0 Å². The third-order valence-corrected chi connectivity index (χ3v) is 3.34. The Bertz CT molecular complexity index is 609. The maximum atomic E-state index is 13.3. The summed E-state index contributed by atoms with van der Waals surface area (Å²) in [6, 6.07) is 13.9. The summed E-state index contributed by atoms with van der Waals surface area (Å²) in [5, 5.41) is 0. The monoisotopic (exact) mass is 271 g/mol. The molecule has 0 bridgehead atoms. The van der Waals surface area contributed by atoms with Gasteiger partial charge in [0.15, 0.2) is 5.78 Å². The van der Waals surface area contributed by atoms with Crippen LogP contribution in [-0.2, 0) is 0 Å². The number of benzene rings is 2. The molecule has 0 aliphatic rings. The topological polar surface area (TPSA) is 20.3 Å². The van der Waals surface area contributed by atoms with Gasteiger partial charge in [-0.05, 0) is 37.6 Å². The molecule has 0 saturated carbocycles. The van der Waals surface area contributed by atoms with E-state index in [0.717, 1.165) is 16.8 Å². The van der Waals surface area contributed by atoms with Crippen molar-refractivity contribution in [3.05, 3.63) is 65.5 Å². The van der Waals surface area contributed by atoms with Gasteiger partial charge in [-0.3, -0.25) is 4.79 Å². The minimum Gasteiger partial charge on any atom is -0.364 e. The zero-order valence-electron chi connectivity index (χ0n) is 11.8. The summed E-state index contributed by atoms with van der Waals surface area (Å²) in [5.41, 5.74) is 2.42.